The molecular weight excluding hydrogens is 301 g/mol. The van der Waals surface area contributed by atoms with Gasteiger partial charge in [0.05, 0.1) is 10.6 Å². The Balaban J connectivity index is 2.27. The molecule has 3 N–H and O–H groups in total. The van der Waals surface area contributed by atoms with Gasteiger partial charge in [-0.25, -0.2) is 4.39 Å². The van der Waals surface area contributed by atoms with E-state index in [1.807, 2.05) is 0 Å². The van der Waals surface area contributed by atoms with Crippen molar-refractivity contribution in [3.63, 3.8) is 0 Å². The minimum Gasteiger partial charge on any atom is -0.389 e. The van der Waals surface area contributed by atoms with Gasteiger partial charge in [0.1, 0.15) is 10.8 Å². The summed E-state index contributed by atoms with van der Waals surface area (Å²) in [6, 6.07) is 5.43. The number of carbonyl (C=O) groups excluding carboxylic acids is 1. The summed E-state index contributed by atoms with van der Waals surface area (Å²) in [6.45, 7) is 0. The van der Waals surface area contributed by atoms with E-state index in [0.717, 1.165) is 0 Å². The molecule has 0 saturated carbocycles. The Bertz CT molecular complexity index is 693. The molecule has 0 aliphatic heterocycles. The average molecular weight is 310 g/mol. The fourth-order valence-electron chi connectivity index (χ4n) is 1.55. The Morgan fingerprint density at radius 3 is 2.75 bits per heavy atom. The van der Waals surface area contributed by atoms with Gasteiger partial charge in [-0.15, -0.1) is 0 Å². The summed E-state index contributed by atoms with van der Waals surface area (Å²) < 4.78 is 13.4. The maximum Gasteiger partial charge on any atom is 0.257 e. The normalized spacial score (nSPS) is 10.1. The number of benzene rings is 1. The zero-order valence-electron chi connectivity index (χ0n) is 10.1. The van der Waals surface area contributed by atoms with Crippen molar-refractivity contribution in [2.75, 3.05) is 5.32 Å². The molecular formula is C13H9ClFN3OS. The molecule has 1 aromatic heterocycles. The fraction of sp³-hybridized carbons (Fsp3) is 0. The molecule has 1 heterocycles. The van der Waals surface area contributed by atoms with Crippen LogP contribution in [0.5, 0.6) is 0 Å². The number of nitrogens with two attached hydrogens (primary N) is 1. The molecule has 4 nitrogen and oxygen atoms in total. The molecule has 0 bridgehead atoms. The predicted octanol–water partition coefficient (Wildman–Crippen LogP) is 2.76. The molecule has 2 rings (SSSR count). The van der Waals surface area contributed by atoms with E-state index in [2.05, 4.69) is 10.3 Å². The van der Waals surface area contributed by atoms with Crippen LogP contribution in [-0.2, 0) is 0 Å². The molecule has 20 heavy (non-hydrogen) atoms. The second kappa shape index (κ2) is 5.94. The van der Waals surface area contributed by atoms with Gasteiger partial charge in [-0.1, -0.05) is 23.8 Å². The van der Waals surface area contributed by atoms with Crippen LogP contribution in [0.25, 0.3) is 0 Å². The number of aromatic nitrogens is 1. The molecule has 0 spiro atoms. The highest BCUT2D eigenvalue weighted by atomic mass is 35.5. The summed E-state index contributed by atoms with van der Waals surface area (Å²) in [7, 11) is 0. The summed E-state index contributed by atoms with van der Waals surface area (Å²) in [5, 5.41) is 2.81. The second-order valence-electron chi connectivity index (χ2n) is 3.87. The van der Waals surface area contributed by atoms with Gasteiger partial charge in [-0.05, 0) is 24.3 Å². The third kappa shape index (κ3) is 3.09. The topological polar surface area (TPSA) is 68.0 Å². The highest BCUT2D eigenvalue weighted by Crippen LogP contribution is 2.18. The first-order valence-corrected chi connectivity index (χ1v) is 6.28. The summed E-state index contributed by atoms with van der Waals surface area (Å²) >= 11 is 10.6. The molecule has 102 valence electrons. The lowest BCUT2D eigenvalue weighted by atomic mass is 10.1. The van der Waals surface area contributed by atoms with Crippen LogP contribution in [0.4, 0.5) is 10.1 Å². The van der Waals surface area contributed by atoms with Crippen LogP contribution in [0.15, 0.2) is 36.7 Å². The Kier molecular flexibility index (Phi) is 4.26. The molecule has 2 aromatic rings. The van der Waals surface area contributed by atoms with Gasteiger partial charge >= 0.3 is 0 Å². The first-order valence-electron chi connectivity index (χ1n) is 5.49. The van der Waals surface area contributed by atoms with Gasteiger partial charge in [-0.3, -0.25) is 9.78 Å². The lowest BCUT2D eigenvalue weighted by Gasteiger charge is -2.08. The molecule has 0 fully saturated rings. The maximum absolute atomic E-state index is 13.4. The third-order valence-corrected chi connectivity index (χ3v) is 3.03. The molecule has 0 aliphatic carbocycles. The first-order chi connectivity index (χ1) is 9.49. The smallest absolute Gasteiger partial charge is 0.257 e. The fourth-order valence-corrected chi connectivity index (χ4v) is 1.91. The number of hydrogen-bond acceptors (Lipinski definition) is 3. The highest BCUT2D eigenvalue weighted by molar-refractivity contribution is 7.80. The van der Waals surface area contributed by atoms with Gasteiger partial charge < -0.3 is 11.1 Å². The zero-order chi connectivity index (χ0) is 14.7. The quantitative estimate of drug-likeness (QED) is 0.856. The third-order valence-electron chi connectivity index (χ3n) is 2.51. The zero-order valence-corrected chi connectivity index (χ0v) is 11.6. The van der Waals surface area contributed by atoms with Gasteiger partial charge in [-0.2, -0.15) is 0 Å². The summed E-state index contributed by atoms with van der Waals surface area (Å²) in [4.78, 5) is 15.7. The number of anilines is 1. The number of nitrogens with zero attached hydrogens (tertiary/aromatic N) is 1. The second-order valence-corrected chi connectivity index (χ2v) is 4.72. The highest BCUT2D eigenvalue weighted by Gasteiger charge is 2.12. The number of amides is 1. The van der Waals surface area contributed by atoms with Gasteiger partial charge in [0.2, 0.25) is 0 Å². The van der Waals surface area contributed by atoms with Crippen molar-refractivity contribution in [1.29, 1.82) is 0 Å². The van der Waals surface area contributed by atoms with Crippen molar-refractivity contribution in [2.45, 2.75) is 0 Å². The summed E-state index contributed by atoms with van der Waals surface area (Å²) in [6.07, 6.45) is 2.81. The maximum atomic E-state index is 13.4. The number of halogens is 2. The van der Waals surface area contributed by atoms with Crippen LogP contribution >= 0.6 is 23.8 Å². The van der Waals surface area contributed by atoms with E-state index in [-0.39, 0.29) is 21.1 Å². The molecule has 0 unspecified atom stereocenters. The molecule has 7 heteroatoms. The average Bonchev–Trinajstić information content (AvgIpc) is 2.41. The Hall–Kier alpha value is -2.05. The van der Waals surface area contributed by atoms with Gasteiger partial charge in [0.25, 0.3) is 5.91 Å². The number of nitrogens with one attached hydrogen (secondary N) is 1. The number of hydrogen-bond donors (Lipinski definition) is 2. The standard InChI is InChI=1S/C13H9ClFN3OS/c14-10-6-17-4-3-8(10)13(19)18-7-1-2-11(15)9(5-7)12(16)20/h1-6H,(H2,16,20)(H,18,19). The Morgan fingerprint density at radius 2 is 2.10 bits per heavy atom. The lowest BCUT2D eigenvalue weighted by Crippen LogP contribution is -2.15. The number of rotatable bonds is 3. The van der Waals surface area contributed by atoms with Crippen LogP contribution in [0.3, 0.4) is 0 Å². The van der Waals surface area contributed by atoms with E-state index >= 15 is 0 Å². The monoisotopic (exact) mass is 309 g/mol. The molecule has 0 aliphatic rings. The van der Waals surface area contributed by atoms with E-state index in [0.29, 0.717) is 5.69 Å². The van der Waals surface area contributed by atoms with Crippen molar-refractivity contribution < 1.29 is 9.18 Å². The Labute approximate surface area is 124 Å². The number of thiocarbonyl (C=S) groups is 1. The van der Waals surface area contributed by atoms with Crippen molar-refractivity contribution in [1.82, 2.24) is 4.98 Å². The van der Waals surface area contributed by atoms with Crippen molar-refractivity contribution >= 4 is 40.4 Å². The number of carbonyl (C=O) groups is 1. The van der Waals surface area contributed by atoms with Crippen LogP contribution in [-0.4, -0.2) is 15.9 Å². The van der Waals surface area contributed by atoms with E-state index in [1.165, 1.54) is 36.7 Å². The van der Waals surface area contributed by atoms with Crippen LogP contribution in [0.1, 0.15) is 15.9 Å². The van der Waals surface area contributed by atoms with E-state index < -0.39 is 11.7 Å². The molecule has 0 saturated heterocycles. The SMILES string of the molecule is NC(=S)c1cc(NC(=O)c2ccncc2Cl)ccc1F. The lowest BCUT2D eigenvalue weighted by molar-refractivity contribution is 0.102. The Morgan fingerprint density at radius 1 is 1.35 bits per heavy atom. The summed E-state index contributed by atoms with van der Waals surface area (Å²) in [5.41, 5.74) is 6.10. The minimum absolute atomic E-state index is 0.0682. The molecule has 1 amide bonds. The number of pyridine rings is 1. The van der Waals surface area contributed by atoms with E-state index in [1.54, 1.807) is 0 Å². The summed E-state index contributed by atoms with van der Waals surface area (Å²) in [5.74, 6) is -0.977. The predicted molar refractivity (Wildman–Crippen MR) is 79.5 cm³/mol. The minimum atomic E-state index is -0.544. The largest absolute Gasteiger partial charge is 0.389 e. The molecule has 1 aromatic carbocycles. The van der Waals surface area contributed by atoms with Crippen molar-refractivity contribution in [3.8, 4) is 0 Å². The van der Waals surface area contributed by atoms with Crippen molar-refractivity contribution in [3.05, 3.63) is 58.6 Å². The van der Waals surface area contributed by atoms with E-state index in [4.69, 9.17) is 29.6 Å². The van der Waals surface area contributed by atoms with Gasteiger partial charge in [0.15, 0.2) is 0 Å². The van der Waals surface area contributed by atoms with E-state index in [9.17, 15) is 9.18 Å². The van der Waals surface area contributed by atoms with Crippen LogP contribution < -0.4 is 11.1 Å². The molecule has 0 atom stereocenters. The van der Waals surface area contributed by atoms with Crippen LogP contribution in [0, 0.1) is 5.82 Å². The van der Waals surface area contributed by atoms with Gasteiger partial charge in [0, 0.05) is 23.6 Å². The van der Waals surface area contributed by atoms with Crippen molar-refractivity contribution in [2.24, 2.45) is 5.73 Å². The van der Waals surface area contributed by atoms with Crippen LogP contribution in [0.2, 0.25) is 5.02 Å². The first kappa shape index (κ1) is 14.4. The molecule has 0 radical (unpaired) electrons.